The van der Waals surface area contributed by atoms with Gasteiger partial charge in [0.1, 0.15) is 11.5 Å². The number of aliphatic imine (C=N–C) groups is 1. The molecule has 172 valence electrons. The van der Waals surface area contributed by atoms with Gasteiger partial charge in [0.25, 0.3) is 11.6 Å². The van der Waals surface area contributed by atoms with E-state index in [0.29, 0.717) is 16.4 Å². The van der Waals surface area contributed by atoms with Gasteiger partial charge in [-0.2, -0.15) is 4.99 Å². The predicted molar refractivity (Wildman–Crippen MR) is 134 cm³/mol. The standard InChI is InChI=1S/C25H22N4O4S/c1-17-3-2-4-20(15-17)27-11-13-28(14-12-27)25-26-24(30)23(34-25)16-21-9-10-22(33-21)18-5-7-19(8-6-18)29(31)32/h2-10,15-16H,11-14H2,1H3. The van der Waals surface area contributed by atoms with Crippen LogP contribution in [-0.4, -0.2) is 47.1 Å². The molecule has 0 saturated carbocycles. The number of carbonyl (C=O) groups excluding carboxylic acids is 1. The first-order chi connectivity index (χ1) is 16.5. The fourth-order valence-electron chi connectivity index (χ4n) is 3.98. The number of nitro groups is 1. The number of anilines is 1. The van der Waals surface area contributed by atoms with Crippen molar-refractivity contribution in [2.24, 2.45) is 4.99 Å². The number of furan rings is 1. The van der Waals surface area contributed by atoms with Gasteiger partial charge in [0.15, 0.2) is 5.17 Å². The number of hydrogen-bond acceptors (Lipinski definition) is 7. The number of amidine groups is 1. The SMILES string of the molecule is Cc1cccc(N2CCN(C3=NC(=O)C(=Cc4ccc(-c5ccc([N+](=O)[O-])cc5)o4)S3)CC2)c1. The molecule has 3 heterocycles. The number of non-ortho nitro benzene ring substituents is 1. The number of benzene rings is 2. The van der Waals surface area contributed by atoms with Crippen LogP contribution in [0.25, 0.3) is 17.4 Å². The van der Waals surface area contributed by atoms with Crippen molar-refractivity contribution in [2.75, 3.05) is 31.1 Å². The second-order valence-corrected chi connectivity index (χ2v) is 9.14. The number of piperazine rings is 1. The Bertz CT molecular complexity index is 1300. The number of nitro benzene ring substituents is 1. The second kappa shape index (κ2) is 9.18. The van der Waals surface area contributed by atoms with E-state index in [4.69, 9.17) is 4.42 Å². The first-order valence-electron chi connectivity index (χ1n) is 10.9. The van der Waals surface area contributed by atoms with Crippen LogP contribution < -0.4 is 4.90 Å². The summed E-state index contributed by atoms with van der Waals surface area (Å²) in [6.07, 6.45) is 1.70. The zero-order chi connectivity index (χ0) is 23.7. The molecule has 2 aromatic carbocycles. The Hall–Kier alpha value is -3.85. The van der Waals surface area contributed by atoms with Gasteiger partial charge >= 0.3 is 0 Å². The quantitative estimate of drug-likeness (QED) is 0.300. The fraction of sp³-hybridized carbons (Fsp3) is 0.200. The molecular weight excluding hydrogens is 452 g/mol. The van der Waals surface area contributed by atoms with Crippen LogP contribution in [0.5, 0.6) is 0 Å². The number of thioether (sulfide) groups is 1. The van der Waals surface area contributed by atoms with Crippen LogP contribution in [0.4, 0.5) is 11.4 Å². The van der Waals surface area contributed by atoms with Crippen molar-refractivity contribution in [3.05, 3.63) is 87.0 Å². The molecule has 2 aliphatic heterocycles. The van der Waals surface area contributed by atoms with E-state index in [9.17, 15) is 14.9 Å². The summed E-state index contributed by atoms with van der Waals surface area (Å²) in [6, 6.07) is 18.2. The lowest BCUT2D eigenvalue weighted by atomic mass is 10.1. The Kier molecular flexibility index (Phi) is 5.93. The molecule has 1 aromatic heterocycles. The van der Waals surface area contributed by atoms with Crippen molar-refractivity contribution in [1.82, 2.24) is 4.90 Å². The lowest BCUT2D eigenvalue weighted by Gasteiger charge is -2.36. The van der Waals surface area contributed by atoms with E-state index in [1.165, 1.54) is 35.1 Å². The summed E-state index contributed by atoms with van der Waals surface area (Å²) in [6.45, 7) is 5.42. The summed E-state index contributed by atoms with van der Waals surface area (Å²) in [5, 5.41) is 11.6. The summed E-state index contributed by atoms with van der Waals surface area (Å²) < 4.78 is 5.85. The van der Waals surface area contributed by atoms with Crippen LogP contribution in [0.15, 0.2) is 75.0 Å². The van der Waals surface area contributed by atoms with Crippen molar-refractivity contribution < 1.29 is 14.1 Å². The van der Waals surface area contributed by atoms with Crippen LogP contribution >= 0.6 is 11.8 Å². The molecule has 9 heteroatoms. The third kappa shape index (κ3) is 4.60. The molecule has 0 unspecified atom stereocenters. The highest BCUT2D eigenvalue weighted by atomic mass is 32.2. The van der Waals surface area contributed by atoms with Gasteiger partial charge < -0.3 is 14.2 Å². The van der Waals surface area contributed by atoms with E-state index in [2.05, 4.69) is 46.0 Å². The molecule has 1 saturated heterocycles. The van der Waals surface area contributed by atoms with Gasteiger partial charge in [0.2, 0.25) is 0 Å². The molecule has 0 bridgehead atoms. The Labute approximate surface area is 200 Å². The Balaban J connectivity index is 1.22. The van der Waals surface area contributed by atoms with Gasteiger partial charge in [0, 0.05) is 55.6 Å². The van der Waals surface area contributed by atoms with Gasteiger partial charge in [-0.05, 0) is 60.6 Å². The number of rotatable bonds is 4. The van der Waals surface area contributed by atoms with Gasteiger partial charge in [-0.25, -0.2) is 0 Å². The summed E-state index contributed by atoms with van der Waals surface area (Å²) in [5.41, 5.74) is 3.21. The van der Waals surface area contributed by atoms with Crippen molar-refractivity contribution in [3.8, 4) is 11.3 Å². The molecular formula is C25H22N4O4S. The van der Waals surface area contributed by atoms with Crippen molar-refractivity contribution in [2.45, 2.75) is 6.92 Å². The molecule has 1 amide bonds. The third-order valence-corrected chi connectivity index (χ3v) is 6.83. The molecule has 0 atom stereocenters. The lowest BCUT2D eigenvalue weighted by Crippen LogP contribution is -2.47. The molecule has 1 fully saturated rings. The normalized spacial score (nSPS) is 17.4. The van der Waals surface area contributed by atoms with E-state index in [1.807, 2.05) is 0 Å². The number of carbonyl (C=O) groups is 1. The molecule has 0 aliphatic carbocycles. The van der Waals surface area contributed by atoms with E-state index in [0.717, 1.165) is 36.9 Å². The van der Waals surface area contributed by atoms with E-state index < -0.39 is 4.92 Å². The highest BCUT2D eigenvalue weighted by Gasteiger charge is 2.29. The minimum Gasteiger partial charge on any atom is -0.457 e. The first-order valence-corrected chi connectivity index (χ1v) is 11.7. The maximum Gasteiger partial charge on any atom is 0.286 e. The smallest absolute Gasteiger partial charge is 0.286 e. The molecule has 0 spiro atoms. The van der Waals surface area contributed by atoms with Crippen LogP contribution in [0, 0.1) is 17.0 Å². The Morgan fingerprint density at radius 2 is 1.76 bits per heavy atom. The van der Waals surface area contributed by atoms with Crippen LogP contribution in [0.1, 0.15) is 11.3 Å². The highest BCUT2D eigenvalue weighted by molar-refractivity contribution is 8.18. The van der Waals surface area contributed by atoms with Crippen LogP contribution in [0.2, 0.25) is 0 Å². The summed E-state index contributed by atoms with van der Waals surface area (Å²) in [4.78, 5) is 32.2. The molecule has 8 nitrogen and oxygen atoms in total. The zero-order valence-electron chi connectivity index (χ0n) is 18.5. The molecule has 2 aliphatic rings. The van der Waals surface area contributed by atoms with Gasteiger partial charge in [0.05, 0.1) is 9.83 Å². The van der Waals surface area contributed by atoms with E-state index in [1.54, 1.807) is 30.3 Å². The predicted octanol–water partition coefficient (Wildman–Crippen LogP) is 4.96. The summed E-state index contributed by atoms with van der Waals surface area (Å²) in [5.74, 6) is 0.838. The van der Waals surface area contributed by atoms with E-state index >= 15 is 0 Å². The van der Waals surface area contributed by atoms with Crippen LogP contribution in [0.3, 0.4) is 0 Å². The molecule has 34 heavy (non-hydrogen) atoms. The zero-order valence-corrected chi connectivity index (χ0v) is 19.3. The van der Waals surface area contributed by atoms with Gasteiger partial charge in [-0.3, -0.25) is 14.9 Å². The maximum absolute atomic E-state index is 12.5. The van der Waals surface area contributed by atoms with Gasteiger partial charge in [-0.15, -0.1) is 0 Å². The Morgan fingerprint density at radius 3 is 2.47 bits per heavy atom. The van der Waals surface area contributed by atoms with Crippen LogP contribution in [-0.2, 0) is 4.79 Å². The number of nitrogens with zero attached hydrogens (tertiary/aromatic N) is 4. The minimum atomic E-state index is -0.440. The monoisotopic (exact) mass is 474 g/mol. The Morgan fingerprint density at radius 1 is 1.03 bits per heavy atom. The molecule has 0 radical (unpaired) electrons. The van der Waals surface area contributed by atoms with Crippen molar-refractivity contribution in [3.63, 3.8) is 0 Å². The second-order valence-electron chi connectivity index (χ2n) is 8.13. The highest BCUT2D eigenvalue weighted by Crippen LogP contribution is 2.32. The molecule has 5 rings (SSSR count). The van der Waals surface area contributed by atoms with Crippen molar-refractivity contribution in [1.29, 1.82) is 0 Å². The van der Waals surface area contributed by atoms with Gasteiger partial charge in [-0.1, -0.05) is 12.1 Å². The summed E-state index contributed by atoms with van der Waals surface area (Å²) >= 11 is 1.36. The number of aryl methyl sites for hydroxylation is 1. The summed E-state index contributed by atoms with van der Waals surface area (Å²) in [7, 11) is 0. The van der Waals surface area contributed by atoms with E-state index in [-0.39, 0.29) is 11.6 Å². The fourth-order valence-corrected chi connectivity index (χ4v) is 4.92. The van der Waals surface area contributed by atoms with Crippen molar-refractivity contribution >= 4 is 40.3 Å². The lowest BCUT2D eigenvalue weighted by molar-refractivity contribution is -0.384. The minimum absolute atomic E-state index is 0.0231. The molecule has 3 aromatic rings. The molecule has 0 N–H and O–H groups in total. The maximum atomic E-state index is 12.5. The topological polar surface area (TPSA) is 92.2 Å². The average molecular weight is 475 g/mol. The average Bonchev–Trinajstić information content (AvgIpc) is 3.46. The number of amides is 1. The first kappa shape index (κ1) is 22.0. The third-order valence-electron chi connectivity index (χ3n) is 5.79. The number of hydrogen-bond donors (Lipinski definition) is 0. The largest absolute Gasteiger partial charge is 0.457 e.